The van der Waals surface area contributed by atoms with Gasteiger partial charge in [0.25, 0.3) is 0 Å². The van der Waals surface area contributed by atoms with Gasteiger partial charge in [-0.25, -0.2) is 4.98 Å². The molecule has 1 saturated heterocycles. The highest BCUT2D eigenvalue weighted by atomic mass is 32.2. The van der Waals surface area contributed by atoms with Crippen molar-refractivity contribution in [2.45, 2.75) is 19.5 Å². The fourth-order valence-electron chi connectivity index (χ4n) is 1.83. The van der Waals surface area contributed by atoms with E-state index in [1.807, 2.05) is 0 Å². The van der Waals surface area contributed by atoms with Crippen LogP contribution in [0.2, 0.25) is 0 Å². The third-order valence-electron chi connectivity index (χ3n) is 2.74. The van der Waals surface area contributed by atoms with Gasteiger partial charge in [0, 0.05) is 31.0 Å². The molecular formula is C11H11F3N2O2S2. The Morgan fingerprint density at radius 1 is 1.60 bits per heavy atom. The lowest BCUT2D eigenvalue weighted by atomic mass is 10.1. The first kappa shape index (κ1) is 15.3. The van der Waals surface area contributed by atoms with Gasteiger partial charge in [0.05, 0.1) is 0 Å². The highest BCUT2D eigenvalue weighted by Gasteiger charge is 2.37. The number of alkyl halides is 3. The van der Waals surface area contributed by atoms with Gasteiger partial charge in [-0.3, -0.25) is 14.5 Å². The van der Waals surface area contributed by atoms with Gasteiger partial charge >= 0.3 is 6.18 Å². The molecule has 9 heteroatoms. The number of carbonyl (C=O) groups excluding carboxylic acids is 2. The molecule has 1 atom stereocenters. The first-order valence-electron chi connectivity index (χ1n) is 5.74. The number of nitrogens with zero attached hydrogens (tertiary/aromatic N) is 2. The SMILES string of the molecule is CC(=O)SCC1CC(=O)N(c2nc(C(F)(F)F)cs2)C1. The number of halogens is 3. The maximum absolute atomic E-state index is 12.5. The lowest BCUT2D eigenvalue weighted by Crippen LogP contribution is -2.24. The lowest BCUT2D eigenvalue weighted by molar-refractivity contribution is -0.140. The molecule has 2 heterocycles. The van der Waals surface area contributed by atoms with E-state index < -0.39 is 11.9 Å². The first-order chi connectivity index (χ1) is 9.27. The van der Waals surface area contributed by atoms with E-state index >= 15 is 0 Å². The molecule has 0 saturated carbocycles. The second-order valence-corrected chi connectivity index (χ2v) is 6.42. The number of thiazole rings is 1. The van der Waals surface area contributed by atoms with Crippen LogP contribution in [0.5, 0.6) is 0 Å². The summed E-state index contributed by atoms with van der Waals surface area (Å²) in [5.41, 5.74) is -0.980. The Bertz CT molecular complexity index is 530. The van der Waals surface area contributed by atoms with E-state index in [1.165, 1.54) is 11.8 Å². The highest BCUT2D eigenvalue weighted by molar-refractivity contribution is 8.13. The van der Waals surface area contributed by atoms with E-state index in [0.29, 0.717) is 12.3 Å². The zero-order chi connectivity index (χ0) is 14.9. The molecule has 1 aromatic heterocycles. The average molecular weight is 324 g/mol. The summed E-state index contributed by atoms with van der Waals surface area (Å²) in [5, 5.41) is 0.933. The molecule has 0 aliphatic carbocycles. The van der Waals surface area contributed by atoms with E-state index in [4.69, 9.17) is 0 Å². The summed E-state index contributed by atoms with van der Waals surface area (Å²) in [5.74, 6) is 0.214. The summed E-state index contributed by atoms with van der Waals surface area (Å²) in [6.45, 7) is 1.75. The van der Waals surface area contributed by atoms with Crippen LogP contribution in [0.15, 0.2) is 5.38 Å². The molecule has 1 aliphatic heterocycles. The van der Waals surface area contributed by atoms with Crippen LogP contribution in [-0.2, 0) is 15.8 Å². The van der Waals surface area contributed by atoms with Crippen LogP contribution in [0, 0.1) is 5.92 Å². The van der Waals surface area contributed by atoms with Crippen LogP contribution >= 0.6 is 23.1 Å². The highest BCUT2D eigenvalue weighted by Crippen LogP contribution is 2.35. The Kier molecular flexibility index (Phi) is 4.38. The van der Waals surface area contributed by atoms with Crippen LogP contribution in [-0.4, -0.2) is 28.3 Å². The molecular weight excluding hydrogens is 313 g/mol. The predicted octanol–water partition coefficient (Wildman–Crippen LogP) is 2.79. The Morgan fingerprint density at radius 2 is 2.30 bits per heavy atom. The zero-order valence-corrected chi connectivity index (χ0v) is 12.1. The van der Waals surface area contributed by atoms with Gasteiger partial charge in [-0.1, -0.05) is 11.8 Å². The van der Waals surface area contributed by atoms with Crippen molar-refractivity contribution in [2.24, 2.45) is 5.92 Å². The van der Waals surface area contributed by atoms with Gasteiger partial charge in [-0.2, -0.15) is 13.2 Å². The number of amides is 1. The van der Waals surface area contributed by atoms with Crippen molar-refractivity contribution >= 4 is 39.3 Å². The quantitative estimate of drug-likeness (QED) is 0.858. The number of hydrogen-bond acceptors (Lipinski definition) is 5. The van der Waals surface area contributed by atoms with Crippen molar-refractivity contribution < 1.29 is 22.8 Å². The van der Waals surface area contributed by atoms with Crippen molar-refractivity contribution in [1.29, 1.82) is 0 Å². The topological polar surface area (TPSA) is 50.3 Å². The van der Waals surface area contributed by atoms with Crippen molar-refractivity contribution in [3.8, 4) is 0 Å². The van der Waals surface area contributed by atoms with Crippen molar-refractivity contribution in [3.05, 3.63) is 11.1 Å². The van der Waals surface area contributed by atoms with E-state index in [2.05, 4.69) is 4.98 Å². The molecule has 0 bridgehead atoms. The number of hydrogen-bond donors (Lipinski definition) is 0. The molecule has 0 radical (unpaired) electrons. The number of rotatable bonds is 3. The zero-order valence-electron chi connectivity index (χ0n) is 10.4. The van der Waals surface area contributed by atoms with E-state index in [0.717, 1.165) is 28.5 Å². The van der Waals surface area contributed by atoms with E-state index in [1.54, 1.807) is 0 Å². The Hall–Kier alpha value is -1.09. The molecule has 0 N–H and O–H groups in total. The molecule has 1 aliphatic rings. The second kappa shape index (κ2) is 5.72. The third-order valence-corrected chi connectivity index (χ3v) is 4.65. The second-order valence-electron chi connectivity index (χ2n) is 4.39. The molecule has 4 nitrogen and oxygen atoms in total. The van der Waals surface area contributed by atoms with E-state index in [-0.39, 0.29) is 28.5 Å². The van der Waals surface area contributed by atoms with Crippen LogP contribution in [0.4, 0.5) is 18.3 Å². The number of carbonyl (C=O) groups is 2. The normalized spacial score (nSPS) is 19.7. The van der Waals surface area contributed by atoms with Crippen LogP contribution < -0.4 is 4.90 Å². The summed E-state index contributed by atoms with van der Waals surface area (Å²) in [6.07, 6.45) is -4.26. The van der Waals surface area contributed by atoms with Crippen LogP contribution in [0.25, 0.3) is 0 Å². The van der Waals surface area contributed by atoms with Gasteiger partial charge in [-0.05, 0) is 5.92 Å². The van der Waals surface area contributed by atoms with Gasteiger partial charge < -0.3 is 0 Å². The number of aromatic nitrogens is 1. The number of anilines is 1. The average Bonchev–Trinajstić information content (AvgIpc) is 2.91. The minimum Gasteiger partial charge on any atom is -0.288 e. The predicted molar refractivity (Wildman–Crippen MR) is 70.7 cm³/mol. The van der Waals surface area contributed by atoms with Crippen LogP contribution in [0.3, 0.4) is 0 Å². The molecule has 2 rings (SSSR count). The van der Waals surface area contributed by atoms with Gasteiger partial charge in [0.1, 0.15) is 0 Å². The Morgan fingerprint density at radius 3 is 2.85 bits per heavy atom. The number of thioether (sulfide) groups is 1. The van der Waals surface area contributed by atoms with Crippen molar-refractivity contribution in [2.75, 3.05) is 17.2 Å². The summed E-state index contributed by atoms with van der Waals surface area (Å²) in [6, 6.07) is 0. The summed E-state index contributed by atoms with van der Waals surface area (Å²) in [4.78, 5) is 27.4. The van der Waals surface area contributed by atoms with Crippen molar-refractivity contribution in [1.82, 2.24) is 4.98 Å². The molecule has 1 fully saturated rings. The molecule has 20 heavy (non-hydrogen) atoms. The van der Waals surface area contributed by atoms with Gasteiger partial charge in [0.2, 0.25) is 5.91 Å². The molecule has 1 amide bonds. The smallest absolute Gasteiger partial charge is 0.288 e. The van der Waals surface area contributed by atoms with Crippen LogP contribution in [0.1, 0.15) is 19.0 Å². The molecule has 1 aromatic rings. The maximum Gasteiger partial charge on any atom is 0.434 e. The Balaban J connectivity index is 2.04. The lowest BCUT2D eigenvalue weighted by Gasteiger charge is -2.12. The monoisotopic (exact) mass is 324 g/mol. The fraction of sp³-hybridized carbons (Fsp3) is 0.545. The third kappa shape index (κ3) is 3.51. The minimum atomic E-state index is -4.50. The molecule has 0 spiro atoms. The largest absolute Gasteiger partial charge is 0.434 e. The first-order valence-corrected chi connectivity index (χ1v) is 7.60. The summed E-state index contributed by atoms with van der Waals surface area (Å²) < 4.78 is 37.4. The van der Waals surface area contributed by atoms with E-state index in [9.17, 15) is 22.8 Å². The summed E-state index contributed by atoms with van der Waals surface area (Å²) in [7, 11) is 0. The molecule has 0 aromatic carbocycles. The molecule has 110 valence electrons. The fourth-order valence-corrected chi connectivity index (χ4v) is 3.38. The van der Waals surface area contributed by atoms with Crippen molar-refractivity contribution in [3.63, 3.8) is 0 Å². The Labute approximate surface area is 121 Å². The summed E-state index contributed by atoms with van der Waals surface area (Å²) >= 11 is 1.93. The standard InChI is InChI=1S/C11H11F3N2O2S2/c1-6(17)19-4-7-2-9(18)16(3-7)10-15-8(5-20-10)11(12,13)14/h5,7H,2-4H2,1H3. The maximum atomic E-state index is 12.5. The van der Waals surface area contributed by atoms with Gasteiger partial charge in [-0.15, -0.1) is 11.3 Å². The molecule has 1 unspecified atom stereocenters. The van der Waals surface area contributed by atoms with Gasteiger partial charge in [0.15, 0.2) is 15.9 Å². The minimum absolute atomic E-state index is 0.0327.